The predicted molar refractivity (Wildman–Crippen MR) is 60.1 cm³/mol. The van der Waals surface area contributed by atoms with Crippen molar-refractivity contribution < 1.29 is 14.3 Å². The molecule has 0 bridgehead atoms. The van der Waals surface area contributed by atoms with Crippen LogP contribution in [0.5, 0.6) is 0 Å². The number of nitrogens with one attached hydrogen (secondary N) is 1. The summed E-state index contributed by atoms with van der Waals surface area (Å²) in [5.74, 6) is -0.285. The fourth-order valence-electron chi connectivity index (χ4n) is 1.88. The second-order valence-electron chi connectivity index (χ2n) is 4.08. The third-order valence-corrected chi connectivity index (χ3v) is 2.74. The van der Waals surface area contributed by atoms with Crippen LogP contribution in [0.2, 0.25) is 0 Å². The van der Waals surface area contributed by atoms with Gasteiger partial charge in [0.1, 0.15) is 0 Å². The summed E-state index contributed by atoms with van der Waals surface area (Å²) in [6.07, 6.45) is 5.33. The van der Waals surface area contributed by atoms with Crippen molar-refractivity contribution in [3.63, 3.8) is 0 Å². The van der Waals surface area contributed by atoms with Crippen LogP contribution in [0.1, 0.15) is 32.1 Å². The predicted octanol–water partition coefficient (Wildman–Crippen LogP) is 1.14. The van der Waals surface area contributed by atoms with Gasteiger partial charge in [0.15, 0.2) is 0 Å². The van der Waals surface area contributed by atoms with Crippen molar-refractivity contribution in [2.75, 3.05) is 26.7 Å². The number of amides is 2. The zero-order chi connectivity index (χ0) is 11.8. The van der Waals surface area contributed by atoms with Gasteiger partial charge in [-0.1, -0.05) is 19.3 Å². The topological polar surface area (TPSA) is 58.6 Å². The van der Waals surface area contributed by atoms with Crippen molar-refractivity contribution in [2.24, 2.45) is 0 Å². The Hall–Kier alpha value is -1.10. The van der Waals surface area contributed by atoms with E-state index < -0.39 is 6.09 Å². The molecule has 16 heavy (non-hydrogen) atoms. The minimum Gasteiger partial charge on any atom is -0.453 e. The van der Waals surface area contributed by atoms with Crippen LogP contribution >= 0.6 is 0 Å². The SMILES string of the molecule is COC(=O)NC(=O)CN1CCCCCCC1. The minimum absolute atomic E-state index is 0.285. The number of hydrogen-bond acceptors (Lipinski definition) is 4. The second kappa shape index (κ2) is 7.22. The van der Waals surface area contributed by atoms with E-state index in [0.29, 0.717) is 0 Å². The number of methoxy groups -OCH3 is 1. The number of nitrogens with zero attached hydrogens (tertiary/aromatic N) is 1. The first-order valence-corrected chi connectivity index (χ1v) is 5.82. The van der Waals surface area contributed by atoms with Crippen LogP contribution in [-0.2, 0) is 9.53 Å². The number of likely N-dealkylation sites (tertiary alicyclic amines) is 1. The highest BCUT2D eigenvalue weighted by atomic mass is 16.5. The van der Waals surface area contributed by atoms with Crippen molar-refractivity contribution in [3.05, 3.63) is 0 Å². The number of carbonyl (C=O) groups is 2. The van der Waals surface area contributed by atoms with E-state index in [2.05, 4.69) is 15.0 Å². The molecule has 1 rings (SSSR count). The maximum absolute atomic E-state index is 11.4. The lowest BCUT2D eigenvalue weighted by molar-refractivity contribution is -0.121. The normalized spacial score (nSPS) is 18.3. The van der Waals surface area contributed by atoms with Crippen molar-refractivity contribution in [3.8, 4) is 0 Å². The van der Waals surface area contributed by atoms with Gasteiger partial charge in [-0.2, -0.15) is 0 Å². The third-order valence-electron chi connectivity index (χ3n) is 2.74. The molecule has 1 N–H and O–H groups in total. The Bertz CT molecular complexity index is 235. The van der Waals surface area contributed by atoms with Gasteiger partial charge in [0.2, 0.25) is 5.91 Å². The quantitative estimate of drug-likeness (QED) is 0.770. The van der Waals surface area contributed by atoms with Gasteiger partial charge in [-0.05, 0) is 25.9 Å². The molecule has 1 fully saturated rings. The van der Waals surface area contributed by atoms with Crippen LogP contribution in [-0.4, -0.2) is 43.6 Å². The van der Waals surface area contributed by atoms with Crippen LogP contribution < -0.4 is 5.32 Å². The highest BCUT2D eigenvalue weighted by Crippen LogP contribution is 2.09. The summed E-state index contributed by atoms with van der Waals surface area (Å²) in [6.45, 7) is 2.16. The van der Waals surface area contributed by atoms with Crippen LogP contribution in [0.15, 0.2) is 0 Å². The molecule has 5 heteroatoms. The highest BCUT2D eigenvalue weighted by Gasteiger charge is 2.14. The van der Waals surface area contributed by atoms with Gasteiger partial charge in [-0.3, -0.25) is 15.0 Å². The zero-order valence-corrected chi connectivity index (χ0v) is 9.83. The largest absolute Gasteiger partial charge is 0.453 e. The summed E-state index contributed by atoms with van der Waals surface area (Å²) in [7, 11) is 1.25. The van der Waals surface area contributed by atoms with Crippen LogP contribution in [0.3, 0.4) is 0 Å². The first-order valence-electron chi connectivity index (χ1n) is 5.82. The summed E-state index contributed by atoms with van der Waals surface area (Å²) >= 11 is 0. The van der Waals surface area contributed by atoms with Gasteiger partial charge >= 0.3 is 6.09 Å². The molecule has 2 amide bonds. The van der Waals surface area contributed by atoms with Gasteiger partial charge < -0.3 is 4.74 Å². The fourth-order valence-corrected chi connectivity index (χ4v) is 1.88. The summed E-state index contributed by atoms with van der Waals surface area (Å²) in [5, 5.41) is 2.17. The van der Waals surface area contributed by atoms with Gasteiger partial charge in [-0.15, -0.1) is 0 Å². The number of alkyl carbamates (subject to hydrolysis) is 1. The molecule has 1 heterocycles. The van der Waals surface area contributed by atoms with Gasteiger partial charge in [0.25, 0.3) is 0 Å². The van der Waals surface area contributed by atoms with E-state index in [4.69, 9.17) is 0 Å². The number of rotatable bonds is 2. The molecular weight excluding hydrogens is 208 g/mol. The first-order chi connectivity index (χ1) is 7.72. The summed E-state index contributed by atoms with van der Waals surface area (Å²) < 4.78 is 4.37. The molecule has 0 aromatic rings. The Kier molecular flexibility index (Phi) is 5.85. The van der Waals surface area contributed by atoms with E-state index in [9.17, 15) is 9.59 Å². The van der Waals surface area contributed by atoms with E-state index in [1.165, 1.54) is 26.4 Å². The van der Waals surface area contributed by atoms with Gasteiger partial charge in [-0.25, -0.2) is 4.79 Å². The molecule has 92 valence electrons. The third kappa shape index (κ3) is 5.11. The first kappa shape index (κ1) is 13.0. The van der Waals surface area contributed by atoms with Crippen molar-refractivity contribution in [1.29, 1.82) is 0 Å². The molecule has 0 spiro atoms. The fraction of sp³-hybridized carbons (Fsp3) is 0.818. The molecule has 0 aromatic carbocycles. The molecular formula is C11H20N2O3. The molecule has 0 saturated carbocycles. The maximum Gasteiger partial charge on any atom is 0.413 e. The van der Waals surface area contributed by atoms with Crippen LogP contribution in [0, 0.1) is 0 Å². The Balaban J connectivity index is 2.27. The van der Waals surface area contributed by atoms with Gasteiger partial charge in [0.05, 0.1) is 13.7 Å². The molecule has 5 nitrogen and oxygen atoms in total. The Morgan fingerprint density at radius 1 is 1.12 bits per heavy atom. The molecule has 0 aromatic heterocycles. The number of carbonyl (C=O) groups excluding carboxylic acids is 2. The van der Waals surface area contributed by atoms with Gasteiger partial charge in [0, 0.05) is 0 Å². The monoisotopic (exact) mass is 228 g/mol. The van der Waals surface area contributed by atoms with Crippen LogP contribution in [0.25, 0.3) is 0 Å². The average Bonchev–Trinajstić information content (AvgIpc) is 2.21. The van der Waals surface area contributed by atoms with Crippen molar-refractivity contribution >= 4 is 12.0 Å². The molecule has 0 unspecified atom stereocenters. The summed E-state index contributed by atoms with van der Waals surface area (Å²) in [4.78, 5) is 24.3. The minimum atomic E-state index is -0.683. The average molecular weight is 228 g/mol. The van der Waals surface area contributed by atoms with Crippen molar-refractivity contribution in [2.45, 2.75) is 32.1 Å². The summed E-state index contributed by atoms with van der Waals surface area (Å²) in [6, 6.07) is 0. The zero-order valence-electron chi connectivity index (χ0n) is 9.83. The van der Waals surface area contributed by atoms with E-state index in [-0.39, 0.29) is 12.5 Å². The standard InChI is InChI=1S/C11H20N2O3/c1-16-11(15)12-10(14)9-13-7-5-3-2-4-6-8-13/h2-9H2,1H3,(H,12,14,15). The number of imide groups is 1. The summed E-state index contributed by atoms with van der Waals surface area (Å²) in [5.41, 5.74) is 0. The molecule has 0 aliphatic carbocycles. The Morgan fingerprint density at radius 3 is 2.25 bits per heavy atom. The number of ether oxygens (including phenoxy) is 1. The van der Waals surface area contributed by atoms with E-state index in [1.807, 2.05) is 0 Å². The lowest BCUT2D eigenvalue weighted by Gasteiger charge is -2.23. The molecule has 1 saturated heterocycles. The van der Waals surface area contributed by atoms with E-state index in [1.54, 1.807) is 0 Å². The lowest BCUT2D eigenvalue weighted by atomic mass is 10.1. The smallest absolute Gasteiger partial charge is 0.413 e. The van der Waals surface area contributed by atoms with Crippen LogP contribution in [0.4, 0.5) is 4.79 Å². The Morgan fingerprint density at radius 2 is 1.69 bits per heavy atom. The molecule has 0 radical (unpaired) electrons. The molecule has 0 atom stereocenters. The van der Waals surface area contributed by atoms with E-state index >= 15 is 0 Å². The molecule has 1 aliphatic rings. The lowest BCUT2D eigenvalue weighted by Crippen LogP contribution is -2.41. The second-order valence-corrected chi connectivity index (χ2v) is 4.08. The Labute approximate surface area is 96.1 Å². The number of hydrogen-bond donors (Lipinski definition) is 1. The highest BCUT2D eigenvalue weighted by molar-refractivity contribution is 5.92. The maximum atomic E-state index is 11.4. The molecule has 1 aliphatic heterocycles. The van der Waals surface area contributed by atoms with Crippen molar-refractivity contribution in [1.82, 2.24) is 10.2 Å². The van der Waals surface area contributed by atoms with E-state index in [0.717, 1.165) is 25.9 Å².